The number of aromatic nitrogens is 2. The van der Waals surface area contributed by atoms with E-state index in [1.165, 1.54) is 6.08 Å². The monoisotopic (exact) mass is 502 g/mol. The number of para-hydroxylation sites is 2. The highest BCUT2D eigenvalue weighted by molar-refractivity contribution is 5.98. The molecule has 2 aromatic carbocycles. The highest BCUT2D eigenvalue weighted by atomic mass is 16.5. The number of nitrogens with one attached hydrogen (secondary N) is 1. The largest absolute Gasteiger partial charge is 0.493 e. The van der Waals surface area contributed by atoms with E-state index in [-0.39, 0.29) is 11.9 Å². The van der Waals surface area contributed by atoms with Gasteiger partial charge in [-0.3, -0.25) is 14.5 Å². The number of carbonyl (C=O) groups excluding carboxylic acids is 2. The number of fused-ring (bicyclic) bond motifs is 1. The van der Waals surface area contributed by atoms with Crippen LogP contribution in [0.25, 0.3) is 5.69 Å². The lowest BCUT2D eigenvalue weighted by molar-refractivity contribution is -0.128. The van der Waals surface area contributed by atoms with Gasteiger partial charge in [-0.25, -0.2) is 4.68 Å². The third-order valence-corrected chi connectivity index (χ3v) is 6.80. The molecule has 5 rings (SSSR count). The Morgan fingerprint density at radius 2 is 1.78 bits per heavy atom. The van der Waals surface area contributed by atoms with Gasteiger partial charge in [-0.2, -0.15) is 5.10 Å². The summed E-state index contributed by atoms with van der Waals surface area (Å²) in [5.41, 5.74) is 8.30. The molecule has 1 fully saturated rings. The first-order valence-corrected chi connectivity index (χ1v) is 12.2. The summed E-state index contributed by atoms with van der Waals surface area (Å²) in [5, 5.41) is 8.20. The van der Waals surface area contributed by atoms with Gasteiger partial charge >= 0.3 is 0 Å². The standard InChI is InChI=1S/C27H30N6O4/c1-3-23(34)32-16-14-31(15-17-32)20-12-13-29-25-24(20)30-33(26(25)27(28)35)18-8-10-19(11-9-18)37-22-7-5-4-6-21(22)36-2/h3-11,20,29H,1,12-17H2,2H3,(H2,28,35)/t20-/m0/s1. The van der Waals surface area contributed by atoms with Gasteiger partial charge < -0.3 is 25.4 Å². The van der Waals surface area contributed by atoms with Gasteiger partial charge in [0, 0.05) is 32.7 Å². The molecule has 0 unspecified atom stereocenters. The number of hydrogen-bond acceptors (Lipinski definition) is 7. The molecule has 0 aliphatic carbocycles. The predicted octanol–water partition coefficient (Wildman–Crippen LogP) is 2.96. The second-order valence-corrected chi connectivity index (χ2v) is 8.93. The molecule has 0 radical (unpaired) electrons. The smallest absolute Gasteiger partial charge is 0.269 e. The molecule has 0 spiro atoms. The molecular formula is C27H30N6O4. The molecule has 10 heteroatoms. The molecule has 10 nitrogen and oxygen atoms in total. The number of anilines is 1. The minimum atomic E-state index is -0.558. The Morgan fingerprint density at radius 1 is 1.08 bits per heavy atom. The van der Waals surface area contributed by atoms with Crippen molar-refractivity contribution in [3.63, 3.8) is 0 Å². The van der Waals surface area contributed by atoms with Crippen molar-refractivity contribution in [3.8, 4) is 22.9 Å². The summed E-state index contributed by atoms with van der Waals surface area (Å²) < 4.78 is 12.9. The van der Waals surface area contributed by atoms with E-state index in [4.69, 9.17) is 20.3 Å². The number of hydrogen-bond donors (Lipinski definition) is 2. The number of rotatable bonds is 7. The summed E-state index contributed by atoms with van der Waals surface area (Å²) in [6.45, 7) is 6.97. The fourth-order valence-corrected chi connectivity index (χ4v) is 4.95. The molecule has 0 bridgehead atoms. The number of carbonyl (C=O) groups is 2. The van der Waals surface area contributed by atoms with Crippen molar-refractivity contribution in [2.75, 3.05) is 45.2 Å². The van der Waals surface area contributed by atoms with E-state index < -0.39 is 5.91 Å². The number of methoxy groups -OCH3 is 1. The van der Waals surface area contributed by atoms with Gasteiger partial charge in [0.1, 0.15) is 11.4 Å². The molecule has 3 aromatic rings. The van der Waals surface area contributed by atoms with Crippen LogP contribution in [0, 0.1) is 0 Å². The Hall–Kier alpha value is -4.31. The van der Waals surface area contributed by atoms with E-state index in [0.29, 0.717) is 54.0 Å². The summed E-state index contributed by atoms with van der Waals surface area (Å²) in [6, 6.07) is 14.7. The number of amides is 2. The molecule has 1 aromatic heterocycles. The Balaban J connectivity index is 1.41. The van der Waals surface area contributed by atoms with Gasteiger partial charge in [0.25, 0.3) is 5.91 Å². The normalized spacial score (nSPS) is 17.4. The molecule has 1 saturated heterocycles. The zero-order valence-electron chi connectivity index (χ0n) is 20.7. The molecule has 37 heavy (non-hydrogen) atoms. The molecule has 3 heterocycles. The minimum Gasteiger partial charge on any atom is -0.493 e. The average Bonchev–Trinajstić information content (AvgIpc) is 3.33. The highest BCUT2D eigenvalue weighted by Crippen LogP contribution is 2.38. The first-order chi connectivity index (χ1) is 18.0. The van der Waals surface area contributed by atoms with Crippen LogP contribution in [-0.4, -0.2) is 71.2 Å². The molecule has 0 saturated carbocycles. The third kappa shape index (κ3) is 4.75. The van der Waals surface area contributed by atoms with Gasteiger partial charge in [-0.15, -0.1) is 0 Å². The van der Waals surface area contributed by atoms with Crippen LogP contribution in [-0.2, 0) is 4.79 Å². The van der Waals surface area contributed by atoms with Crippen molar-refractivity contribution in [1.82, 2.24) is 19.6 Å². The second-order valence-electron chi connectivity index (χ2n) is 8.93. The molecular weight excluding hydrogens is 472 g/mol. The van der Waals surface area contributed by atoms with Crippen molar-refractivity contribution in [2.45, 2.75) is 12.5 Å². The zero-order valence-corrected chi connectivity index (χ0v) is 20.7. The van der Waals surface area contributed by atoms with E-state index in [1.807, 2.05) is 48.5 Å². The van der Waals surface area contributed by atoms with Crippen LogP contribution in [0.1, 0.15) is 28.6 Å². The zero-order chi connectivity index (χ0) is 25.9. The number of benzene rings is 2. The molecule has 2 aliphatic rings. The lowest BCUT2D eigenvalue weighted by atomic mass is 10.0. The number of nitrogens with two attached hydrogens (primary N) is 1. The first kappa shape index (κ1) is 24.4. The molecule has 2 amide bonds. The van der Waals surface area contributed by atoms with E-state index in [9.17, 15) is 9.59 Å². The van der Waals surface area contributed by atoms with Gasteiger partial charge in [0.15, 0.2) is 17.2 Å². The van der Waals surface area contributed by atoms with E-state index in [0.717, 1.165) is 25.2 Å². The predicted molar refractivity (Wildman–Crippen MR) is 139 cm³/mol. The maximum Gasteiger partial charge on any atom is 0.269 e. The van der Waals surface area contributed by atoms with Gasteiger partial charge in [0.05, 0.1) is 24.5 Å². The van der Waals surface area contributed by atoms with Gasteiger partial charge in [0.2, 0.25) is 5.91 Å². The summed E-state index contributed by atoms with van der Waals surface area (Å²) in [5.74, 6) is 1.25. The van der Waals surface area contributed by atoms with Crippen molar-refractivity contribution in [3.05, 3.63) is 72.6 Å². The molecule has 3 N–H and O–H groups in total. The van der Waals surface area contributed by atoms with Crippen LogP contribution < -0.4 is 20.5 Å². The fraction of sp³-hybridized carbons (Fsp3) is 0.296. The Bertz CT molecular complexity index is 1310. The van der Waals surface area contributed by atoms with Crippen LogP contribution in [0.2, 0.25) is 0 Å². The SMILES string of the molecule is C=CC(=O)N1CCN([C@H]2CCNc3c2nn(-c2ccc(Oc4ccccc4OC)cc2)c3C(N)=O)CC1. The quantitative estimate of drug-likeness (QED) is 0.478. The Kier molecular flexibility index (Phi) is 6.82. The minimum absolute atomic E-state index is 0.0183. The van der Waals surface area contributed by atoms with Gasteiger partial charge in [-0.1, -0.05) is 18.7 Å². The van der Waals surface area contributed by atoms with Crippen LogP contribution in [0.15, 0.2) is 61.2 Å². The summed E-state index contributed by atoms with van der Waals surface area (Å²) in [6.07, 6.45) is 2.19. The maximum absolute atomic E-state index is 12.6. The summed E-state index contributed by atoms with van der Waals surface area (Å²) in [7, 11) is 1.60. The maximum atomic E-state index is 12.6. The topological polar surface area (TPSA) is 115 Å². The van der Waals surface area contributed by atoms with E-state index >= 15 is 0 Å². The van der Waals surface area contributed by atoms with Crippen LogP contribution in [0.4, 0.5) is 5.69 Å². The number of piperazine rings is 1. The Morgan fingerprint density at radius 3 is 2.43 bits per heavy atom. The number of nitrogens with zero attached hydrogens (tertiary/aromatic N) is 4. The van der Waals surface area contributed by atoms with Crippen LogP contribution in [0.5, 0.6) is 17.2 Å². The van der Waals surface area contributed by atoms with Crippen LogP contribution >= 0.6 is 0 Å². The van der Waals surface area contributed by atoms with E-state index in [1.54, 1.807) is 16.7 Å². The van der Waals surface area contributed by atoms with Crippen molar-refractivity contribution < 1.29 is 19.1 Å². The summed E-state index contributed by atoms with van der Waals surface area (Å²) >= 11 is 0. The van der Waals surface area contributed by atoms with Crippen molar-refractivity contribution >= 4 is 17.5 Å². The average molecular weight is 503 g/mol. The molecule has 192 valence electrons. The lowest BCUT2D eigenvalue weighted by Gasteiger charge is -2.40. The highest BCUT2D eigenvalue weighted by Gasteiger charge is 2.35. The van der Waals surface area contributed by atoms with Gasteiger partial charge in [-0.05, 0) is 48.9 Å². The van der Waals surface area contributed by atoms with Crippen molar-refractivity contribution in [1.29, 1.82) is 0 Å². The van der Waals surface area contributed by atoms with Crippen LogP contribution in [0.3, 0.4) is 0 Å². The summed E-state index contributed by atoms with van der Waals surface area (Å²) in [4.78, 5) is 28.7. The molecule has 2 aliphatic heterocycles. The molecule has 1 atom stereocenters. The second kappa shape index (κ2) is 10.4. The number of ether oxygens (including phenoxy) is 2. The first-order valence-electron chi connectivity index (χ1n) is 12.2. The van der Waals surface area contributed by atoms with Crippen molar-refractivity contribution in [2.24, 2.45) is 5.73 Å². The lowest BCUT2D eigenvalue weighted by Crippen LogP contribution is -2.50. The third-order valence-electron chi connectivity index (χ3n) is 6.80. The van der Waals surface area contributed by atoms with E-state index in [2.05, 4.69) is 16.8 Å². The number of primary amides is 1. The Labute approximate surface area is 215 Å². The fourth-order valence-electron chi connectivity index (χ4n) is 4.95.